The first-order valence-corrected chi connectivity index (χ1v) is 5.69. The van der Waals surface area contributed by atoms with Crippen LogP contribution >= 0.6 is 12.6 Å². The number of hydrogen-bond donors (Lipinski definition) is 2. The predicted octanol–water partition coefficient (Wildman–Crippen LogP) is 2.80. The van der Waals surface area contributed by atoms with E-state index >= 15 is 0 Å². The van der Waals surface area contributed by atoms with Gasteiger partial charge in [-0.05, 0) is 24.9 Å². The fourth-order valence-corrected chi connectivity index (χ4v) is 2.56. The Bertz CT molecular complexity index is 290. The third kappa shape index (κ3) is 1.82. The Kier molecular flexibility index (Phi) is 2.84. The molecule has 1 unspecified atom stereocenters. The summed E-state index contributed by atoms with van der Waals surface area (Å²) in [7, 11) is 0. The van der Waals surface area contributed by atoms with E-state index in [1.54, 1.807) is 0 Å². The maximum Gasteiger partial charge on any atom is 0.0682 e. The van der Waals surface area contributed by atoms with Crippen molar-refractivity contribution in [3.05, 3.63) is 35.9 Å². The molecule has 0 aliphatic carbocycles. The zero-order valence-electron chi connectivity index (χ0n) is 8.53. The average molecular weight is 207 g/mol. The highest BCUT2D eigenvalue weighted by Crippen LogP contribution is 2.37. The van der Waals surface area contributed by atoms with Crippen LogP contribution in [0.4, 0.5) is 0 Å². The molecule has 1 N–H and O–H groups in total. The molecular weight excluding hydrogens is 190 g/mol. The SMILES string of the molecule is CC(c1ccccc1)[C@@]1(S)CCCN1. The molecule has 0 aromatic heterocycles. The maximum absolute atomic E-state index is 4.78. The first-order valence-electron chi connectivity index (χ1n) is 5.25. The monoisotopic (exact) mass is 207 g/mol. The van der Waals surface area contributed by atoms with Gasteiger partial charge < -0.3 is 5.32 Å². The number of rotatable bonds is 2. The van der Waals surface area contributed by atoms with E-state index in [9.17, 15) is 0 Å². The minimum absolute atomic E-state index is 0.00134. The summed E-state index contributed by atoms with van der Waals surface area (Å²) in [6.45, 7) is 3.35. The molecule has 1 heterocycles. The molecule has 2 atom stereocenters. The van der Waals surface area contributed by atoms with Crippen LogP contribution in [0.1, 0.15) is 31.2 Å². The molecule has 0 spiro atoms. The summed E-state index contributed by atoms with van der Waals surface area (Å²) in [5.41, 5.74) is 1.37. The van der Waals surface area contributed by atoms with E-state index in [0.29, 0.717) is 5.92 Å². The van der Waals surface area contributed by atoms with Crippen LogP contribution in [0.25, 0.3) is 0 Å². The largest absolute Gasteiger partial charge is 0.303 e. The second-order valence-corrected chi connectivity index (χ2v) is 4.88. The van der Waals surface area contributed by atoms with Gasteiger partial charge in [0.1, 0.15) is 0 Å². The van der Waals surface area contributed by atoms with E-state index < -0.39 is 0 Å². The highest BCUT2D eigenvalue weighted by Gasteiger charge is 2.35. The van der Waals surface area contributed by atoms with Crippen molar-refractivity contribution in [2.45, 2.75) is 30.6 Å². The van der Waals surface area contributed by atoms with Gasteiger partial charge in [0.15, 0.2) is 0 Å². The predicted molar refractivity (Wildman–Crippen MR) is 63.8 cm³/mol. The van der Waals surface area contributed by atoms with E-state index in [0.717, 1.165) is 13.0 Å². The summed E-state index contributed by atoms with van der Waals surface area (Å²) in [6, 6.07) is 10.6. The van der Waals surface area contributed by atoms with Gasteiger partial charge in [0.2, 0.25) is 0 Å². The normalized spacial score (nSPS) is 29.0. The smallest absolute Gasteiger partial charge is 0.0682 e. The minimum atomic E-state index is 0.00134. The first kappa shape index (κ1) is 10.1. The topological polar surface area (TPSA) is 12.0 Å². The van der Waals surface area contributed by atoms with Gasteiger partial charge in [-0.3, -0.25) is 0 Å². The lowest BCUT2D eigenvalue weighted by Gasteiger charge is -2.31. The van der Waals surface area contributed by atoms with Crippen LogP contribution in [-0.2, 0) is 0 Å². The van der Waals surface area contributed by atoms with Crippen molar-refractivity contribution in [3.63, 3.8) is 0 Å². The molecule has 0 saturated carbocycles. The van der Waals surface area contributed by atoms with E-state index in [2.05, 4.69) is 42.6 Å². The van der Waals surface area contributed by atoms with E-state index in [1.807, 2.05) is 0 Å². The van der Waals surface area contributed by atoms with Crippen molar-refractivity contribution < 1.29 is 0 Å². The molecule has 1 aliphatic heterocycles. The van der Waals surface area contributed by atoms with Gasteiger partial charge in [-0.2, -0.15) is 12.6 Å². The lowest BCUT2D eigenvalue weighted by molar-refractivity contribution is 0.471. The summed E-state index contributed by atoms with van der Waals surface area (Å²) in [5.74, 6) is 0.467. The molecule has 1 aliphatic rings. The third-order valence-electron chi connectivity index (χ3n) is 3.18. The standard InChI is InChI=1S/C12H17NS/c1-10(11-6-3-2-4-7-11)12(14)8-5-9-13-12/h2-4,6-7,10,13-14H,5,8-9H2,1H3/t10?,12-/m0/s1. The molecule has 1 saturated heterocycles. The number of nitrogens with one attached hydrogen (secondary N) is 1. The fourth-order valence-electron chi connectivity index (χ4n) is 2.14. The fraction of sp³-hybridized carbons (Fsp3) is 0.500. The summed E-state index contributed by atoms with van der Waals surface area (Å²) in [4.78, 5) is 0.00134. The van der Waals surface area contributed by atoms with Crippen LogP contribution in [0.3, 0.4) is 0 Å². The molecule has 1 nitrogen and oxygen atoms in total. The maximum atomic E-state index is 4.78. The zero-order chi connectivity index (χ0) is 10.0. The van der Waals surface area contributed by atoms with Crippen LogP contribution in [0.15, 0.2) is 30.3 Å². The van der Waals surface area contributed by atoms with Gasteiger partial charge in [0.25, 0.3) is 0 Å². The van der Waals surface area contributed by atoms with Gasteiger partial charge in [0, 0.05) is 5.92 Å². The van der Waals surface area contributed by atoms with Gasteiger partial charge >= 0.3 is 0 Å². The van der Waals surface area contributed by atoms with Crippen LogP contribution in [0.2, 0.25) is 0 Å². The molecule has 1 fully saturated rings. The third-order valence-corrected chi connectivity index (χ3v) is 3.95. The molecule has 14 heavy (non-hydrogen) atoms. The number of thiol groups is 1. The Morgan fingerprint density at radius 1 is 1.36 bits per heavy atom. The Labute approximate surface area is 91.3 Å². The second kappa shape index (κ2) is 3.95. The molecular formula is C12H17NS. The average Bonchev–Trinajstić information content (AvgIpc) is 2.67. The van der Waals surface area contributed by atoms with Gasteiger partial charge in [-0.15, -0.1) is 0 Å². The molecule has 76 valence electrons. The lowest BCUT2D eigenvalue weighted by atomic mass is 9.92. The van der Waals surface area contributed by atoms with Crippen molar-refractivity contribution in [1.82, 2.24) is 5.32 Å². The van der Waals surface area contributed by atoms with E-state index in [4.69, 9.17) is 12.6 Å². The van der Waals surface area contributed by atoms with E-state index in [-0.39, 0.29) is 4.87 Å². The van der Waals surface area contributed by atoms with Crippen molar-refractivity contribution in [3.8, 4) is 0 Å². The Hall–Kier alpha value is -0.470. The molecule has 1 aromatic carbocycles. The molecule has 0 bridgehead atoms. The van der Waals surface area contributed by atoms with Crippen molar-refractivity contribution in [2.75, 3.05) is 6.54 Å². The van der Waals surface area contributed by atoms with Crippen LogP contribution < -0.4 is 5.32 Å². The quantitative estimate of drug-likeness (QED) is 0.711. The summed E-state index contributed by atoms with van der Waals surface area (Å²) in [6.07, 6.45) is 2.40. The van der Waals surface area contributed by atoms with Gasteiger partial charge in [0.05, 0.1) is 4.87 Å². The van der Waals surface area contributed by atoms with E-state index in [1.165, 1.54) is 12.0 Å². The lowest BCUT2D eigenvalue weighted by Crippen LogP contribution is -2.38. The molecule has 2 rings (SSSR count). The zero-order valence-corrected chi connectivity index (χ0v) is 9.43. The van der Waals surface area contributed by atoms with Crippen molar-refractivity contribution >= 4 is 12.6 Å². The minimum Gasteiger partial charge on any atom is -0.303 e. The van der Waals surface area contributed by atoms with Gasteiger partial charge in [-0.1, -0.05) is 37.3 Å². The highest BCUT2D eigenvalue weighted by molar-refractivity contribution is 7.81. The Morgan fingerprint density at radius 2 is 2.07 bits per heavy atom. The Morgan fingerprint density at radius 3 is 2.64 bits per heavy atom. The molecule has 0 amide bonds. The van der Waals surface area contributed by atoms with Crippen LogP contribution in [0.5, 0.6) is 0 Å². The highest BCUT2D eigenvalue weighted by atomic mass is 32.1. The molecule has 0 radical (unpaired) electrons. The molecule has 1 aromatic rings. The van der Waals surface area contributed by atoms with Gasteiger partial charge in [-0.25, -0.2) is 0 Å². The second-order valence-electron chi connectivity index (χ2n) is 4.09. The number of hydrogen-bond acceptors (Lipinski definition) is 2. The van der Waals surface area contributed by atoms with Crippen molar-refractivity contribution in [1.29, 1.82) is 0 Å². The van der Waals surface area contributed by atoms with Crippen LogP contribution in [-0.4, -0.2) is 11.4 Å². The first-order chi connectivity index (χ1) is 6.72. The van der Waals surface area contributed by atoms with Crippen LogP contribution in [0, 0.1) is 0 Å². The summed E-state index contributed by atoms with van der Waals surface area (Å²) in [5, 5.41) is 3.50. The molecule has 2 heteroatoms. The van der Waals surface area contributed by atoms with Crippen molar-refractivity contribution in [2.24, 2.45) is 0 Å². The summed E-state index contributed by atoms with van der Waals surface area (Å²) < 4.78 is 0. The number of benzene rings is 1. The summed E-state index contributed by atoms with van der Waals surface area (Å²) >= 11 is 4.78. The Balaban J connectivity index is 2.19.